The number of amides is 3. The van der Waals surface area contributed by atoms with Gasteiger partial charge in [-0.2, -0.15) is 0 Å². The third-order valence-electron chi connectivity index (χ3n) is 7.95. The van der Waals surface area contributed by atoms with Crippen LogP contribution >= 0.6 is 0 Å². The molecule has 0 unspecified atom stereocenters. The number of nitrogens with zero attached hydrogens (tertiary/aromatic N) is 3. The van der Waals surface area contributed by atoms with Gasteiger partial charge in [0.05, 0.1) is 24.0 Å². The summed E-state index contributed by atoms with van der Waals surface area (Å²) in [4.78, 5) is 47.2. The van der Waals surface area contributed by atoms with Gasteiger partial charge in [-0.1, -0.05) is 38.1 Å². The molecular weight excluding hydrogens is 555 g/mol. The van der Waals surface area contributed by atoms with Crippen LogP contribution < -0.4 is 15.5 Å². The van der Waals surface area contributed by atoms with Crippen molar-refractivity contribution >= 4 is 23.6 Å². The second kappa shape index (κ2) is 12.8. The summed E-state index contributed by atoms with van der Waals surface area (Å²) >= 11 is 0. The summed E-state index contributed by atoms with van der Waals surface area (Å²) in [5, 5.41) is 14.3. The SMILES string of the molecule is CC(=O)NC[C@@H]1CN(c2ccc(-c3ccc(-c4cnc([C@@H]5CCCN5C(=O)[C@@H](NC(=O)O)C(C)C)[nH]4)cc3)c(F)c2)CO1. The molecule has 2 aliphatic rings. The molecular formula is C31H37FN6O5. The van der Waals surface area contributed by atoms with Crippen molar-refractivity contribution in [3.8, 4) is 22.4 Å². The van der Waals surface area contributed by atoms with E-state index in [0.717, 1.165) is 29.7 Å². The lowest BCUT2D eigenvalue weighted by atomic mass is 10.0. The molecule has 5 rings (SSSR count). The molecule has 2 aromatic carbocycles. The van der Waals surface area contributed by atoms with Crippen molar-refractivity contribution < 1.29 is 28.6 Å². The first-order chi connectivity index (χ1) is 20.6. The molecule has 1 aromatic heterocycles. The Morgan fingerprint density at radius 2 is 1.91 bits per heavy atom. The zero-order valence-corrected chi connectivity index (χ0v) is 24.5. The number of carboxylic acid groups (broad SMARTS) is 1. The van der Waals surface area contributed by atoms with Crippen LogP contribution in [0, 0.1) is 11.7 Å². The second-order valence-corrected chi connectivity index (χ2v) is 11.4. The maximum atomic E-state index is 15.2. The van der Waals surface area contributed by atoms with E-state index in [-0.39, 0.29) is 35.7 Å². The third kappa shape index (κ3) is 6.80. The average Bonchev–Trinajstić information content (AvgIpc) is 3.75. The number of benzene rings is 2. The van der Waals surface area contributed by atoms with Crippen molar-refractivity contribution in [3.05, 3.63) is 60.3 Å². The third-order valence-corrected chi connectivity index (χ3v) is 7.95. The highest BCUT2D eigenvalue weighted by molar-refractivity contribution is 5.86. The minimum Gasteiger partial charge on any atom is -0.465 e. The molecule has 4 N–H and O–H groups in total. The van der Waals surface area contributed by atoms with E-state index >= 15 is 4.39 Å². The molecule has 11 nitrogen and oxygen atoms in total. The second-order valence-electron chi connectivity index (χ2n) is 11.4. The number of anilines is 1. The fourth-order valence-electron chi connectivity index (χ4n) is 5.66. The Bertz CT molecular complexity index is 1480. The zero-order chi connectivity index (χ0) is 30.7. The number of hydrogen-bond acceptors (Lipinski definition) is 6. The van der Waals surface area contributed by atoms with Crippen LogP contribution in [0.25, 0.3) is 22.4 Å². The number of rotatable bonds is 9. The minimum atomic E-state index is -1.23. The lowest BCUT2D eigenvalue weighted by Crippen LogP contribution is -2.50. The van der Waals surface area contributed by atoms with E-state index in [1.807, 2.05) is 49.1 Å². The van der Waals surface area contributed by atoms with Crippen LogP contribution in [0.4, 0.5) is 14.9 Å². The van der Waals surface area contributed by atoms with Gasteiger partial charge < -0.3 is 35.3 Å². The summed E-state index contributed by atoms with van der Waals surface area (Å²) in [6.45, 7) is 6.92. The number of nitrogens with one attached hydrogen (secondary N) is 3. The van der Waals surface area contributed by atoms with Crippen molar-refractivity contribution in [2.24, 2.45) is 5.92 Å². The van der Waals surface area contributed by atoms with Gasteiger partial charge in [-0.05, 0) is 48.1 Å². The summed E-state index contributed by atoms with van der Waals surface area (Å²) in [6.07, 6.45) is 1.87. The normalized spacial score (nSPS) is 19.1. The molecule has 2 saturated heterocycles. The predicted molar refractivity (Wildman–Crippen MR) is 159 cm³/mol. The minimum absolute atomic E-state index is 0.115. The van der Waals surface area contributed by atoms with E-state index < -0.39 is 12.1 Å². The van der Waals surface area contributed by atoms with Crippen molar-refractivity contribution in [2.75, 3.05) is 31.3 Å². The Morgan fingerprint density at radius 1 is 1.16 bits per heavy atom. The van der Waals surface area contributed by atoms with Gasteiger partial charge in [0.15, 0.2) is 0 Å². The van der Waals surface area contributed by atoms with Gasteiger partial charge in [0, 0.05) is 37.8 Å². The number of hydrogen-bond donors (Lipinski definition) is 4. The number of likely N-dealkylation sites (tertiary alicyclic amines) is 1. The summed E-state index contributed by atoms with van der Waals surface area (Å²) in [5.41, 5.74) is 3.55. The molecule has 228 valence electrons. The topological polar surface area (TPSA) is 140 Å². The number of aromatic amines is 1. The highest BCUT2D eigenvalue weighted by Gasteiger charge is 2.37. The Kier molecular flexibility index (Phi) is 8.95. The van der Waals surface area contributed by atoms with Gasteiger partial charge in [0.2, 0.25) is 11.8 Å². The molecule has 43 heavy (non-hydrogen) atoms. The zero-order valence-electron chi connectivity index (χ0n) is 24.5. The van der Waals surface area contributed by atoms with E-state index in [1.165, 1.54) is 13.0 Å². The van der Waals surface area contributed by atoms with Crippen LogP contribution in [0.2, 0.25) is 0 Å². The van der Waals surface area contributed by atoms with Gasteiger partial charge in [-0.15, -0.1) is 0 Å². The molecule has 0 aliphatic carbocycles. The number of ether oxygens (including phenoxy) is 1. The molecule has 0 spiro atoms. The molecule has 3 atom stereocenters. The molecule has 0 saturated carbocycles. The van der Waals surface area contributed by atoms with E-state index in [1.54, 1.807) is 17.2 Å². The lowest BCUT2D eigenvalue weighted by molar-refractivity contribution is -0.135. The fraction of sp³-hybridized carbons (Fsp3) is 0.419. The number of aromatic nitrogens is 2. The van der Waals surface area contributed by atoms with Crippen molar-refractivity contribution in [1.29, 1.82) is 0 Å². The van der Waals surface area contributed by atoms with Gasteiger partial charge >= 0.3 is 6.09 Å². The summed E-state index contributed by atoms with van der Waals surface area (Å²) in [5.74, 6) is -0.260. The van der Waals surface area contributed by atoms with Crippen LogP contribution in [0.15, 0.2) is 48.7 Å². The Hall–Kier alpha value is -4.45. The maximum Gasteiger partial charge on any atom is 0.405 e. The molecule has 12 heteroatoms. The molecule has 2 fully saturated rings. The van der Waals surface area contributed by atoms with E-state index in [0.29, 0.717) is 43.4 Å². The standard InChI is InChI=1S/C31H37FN6O5/c1-18(2)28(36-31(41)42)30(40)38-12-4-5-27(38)29-34-15-26(35-29)21-8-6-20(7-9-21)24-11-10-22(13-25(24)32)37-16-23(43-17-37)14-33-19(3)39/h6-11,13,15,18,23,27-28,36H,4-5,12,14,16-17H2,1-3H3,(H,33,39)(H,34,35)(H,41,42)/t23-,27+,28+/m1/s1. The van der Waals surface area contributed by atoms with Crippen LogP contribution in [-0.2, 0) is 14.3 Å². The van der Waals surface area contributed by atoms with E-state index in [2.05, 4.69) is 20.6 Å². The van der Waals surface area contributed by atoms with Crippen molar-refractivity contribution in [3.63, 3.8) is 0 Å². The number of carbonyl (C=O) groups excluding carboxylic acids is 2. The number of H-pyrrole nitrogens is 1. The first-order valence-electron chi connectivity index (χ1n) is 14.5. The lowest BCUT2D eigenvalue weighted by Gasteiger charge is -2.29. The Morgan fingerprint density at radius 3 is 2.58 bits per heavy atom. The smallest absolute Gasteiger partial charge is 0.405 e. The summed E-state index contributed by atoms with van der Waals surface area (Å²) < 4.78 is 20.9. The molecule has 3 amide bonds. The number of imidazole rings is 1. The van der Waals surface area contributed by atoms with Crippen LogP contribution in [0.1, 0.15) is 45.5 Å². The predicted octanol–water partition coefficient (Wildman–Crippen LogP) is 4.14. The van der Waals surface area contributed by atoms with Gasteiger partial charge in [-0.25, -0.2) is 14.2 Å². The summed E-state index contributed by atoms with van der Waals surface area (Å²) in [6, 6.07) is 11.5. The molecule has 0 bridgehead atoms. The van der Waals surface area contributed by atoms with Crippen molar-refractivity contribution in [2.45, 2.75) is 51.8 Å². The van der Waals surface area contributed by atoms with Gasteiger partial charge in [0.1, 0.15) is 24.4 Å². The first-order valence-corrected chi connectivity index (χ1v) is 14.5. The summed E-state index contributed by atoms with van der Waals surface area (Å²) in [7, 11) is 0. The fourth-order valence-corrected chi connectivity index (χ4v) is 5.66. The molecule has 3 aromatic rings. The van der Waals surface area contributed by atoms with E-state index in [9.17, 15) is 19.5 Å². The maximum absolute atomic E-state index is 15.2. The van der Waals surface area contributed by atoms with Gasteiger partial charge in [0.25, 0.3) is 0 Å². The van der Waals surface area contributed by atoms with Crippen LogP contribution in [0.3, 0.4) is 0 Å². The van der Waals surface area contributed by atoms with Crippen LogP contribution in [-0.4, -0.2) is 76.4 Å². The quantitative estimate of drug-likeness (QED) is 0.293. The highest BCUT2D eigenvalue weighted by atomic mass is 19.1. The van der Waals surface area contributed by atoms with Crippen molar-refractivity contribution in [1.82, 2.24) is 25.5 Å². The van der Waals surface area contributed by atoms with E-state index in [4.69, 9.17) is 4.74 Å². The molecule has 3 heterocycles. The highest BCUT2D eigenvalue weighted by Crippen LogP contribution is 2.34. The molecule has 2 aliphatic heterocycles. The first kappa shape index (κ1) is 30.0. The average molecular weight is 593 g/mol. The molecule has 0 radical (unpaired) electrons. The largest absolute Gasteiger partial charge is 0.465 e. The van der Waals surface area contributed by atoms with Crippen LogP contribution in [0.5, 0.6) is 0 Å². The number of carbonyl (C=O) groups is 3. The van der Waals surface area contributed by atoms with Gasteiger partial charge in [-0.3, -0.25) is 9.59 Å². The Balaban J connectivity index is 1.26. The monoisotopic (exact) mass is 592 g/mol. The Labute approximate surface area is 249 Å². The number of halogens is 1.